The van der Waals surface area contributed by atoms with Crippen molar-refractivity contribution in [1.29, 1.82) is 0 Å². The number of nitrogens with zero attached hydrogens (tertiary/aromatic N) is 1. The highest BCUT2D eigenvalue weighted by atomic mass is 79.9. The minimum atomic E-state index is 0.115. The van der Waals surface area contributed by atoms with Gasteiger partial charge < -0.3 is 0 Å². The second-order valence-corrected chi connectivity index (χ2v) is 11.0. The van der Waals surface area contributed by atoms with E-state index in [1.807, 2.05) is 6.21 Å². The van der Waals surface area contributed by atoms with Crippen LogP contribution >= 0.6 is 27.7 Å². The molecule has 1 aromatic carbocycles. The molecular weight excluding hydrogens is 402 g/mol. The maximum atomic E-state index is 4.85. The lowest BCUT2D eigenvalue weighted by Crippen LogP contribution is -2.42. The Labute approximate surface area is 169 Å². The molecule has 1 aromatic rings. The molecule has 1 nitrogen and oxygen atoms in total. The average Bonchev–Trinajstić information content (AvgIpc) is 2.67. The zero-order valence-corrected chi connectivity index (χ0v) is 18.8. The van der Waals surface area contributed by atoms with E-state index in [1.165, 1.54) is 27.2 Å². The molecule has 0 aromatic heterocycles. The first kappa shape index (κ1) is 18.3. The summed E-state index contributed by atoms with van der Waals surface area (Å²) in [5.41, 5.74) is 7.04. The van der Waals surface area contributed by atoms with Gasteiger partial charge in [0.15, 0.2) is 0 Å². The van der Waals surface area contributed by atoms with Gasteiger partial charge in [0.1, 0.15) is 0 Å². The molecule has 26 heavy (non-hydrogen) atoms. The van der Waals surface area contributed by atoms with E-state index in [-0.39, 0.29) is 16.2 Å². The number of thioether (sulfide) groups is 1. The number of benzene rings is 1. The topological polar surface area (TPSA) is 12.4 Å². The molecule has 2 aliphatic heterocycles. The fourth-order valence-corrected chi connectivity index (χ4v) is 5.84. The van der Waals surface area contributed by atoms with Gasteiger partial charge in [-0.05, 0) is 66.4 Å². The van der Waals surface area contributed by atoms with E-state index in [1.54, 1.807) is 11.8 Å². The number of hydrogen-bond acceptors (Lipinski definition) is 2. The van der Waals surface area contributed by atoms with Gasteiger partial charge in [-0.25, -0.2) is 0 Å². The molecule has 3 heteroatoms. The van der Waals surface area contributed by atoms with Crippen LogP contribution in [0.2, 0.25) is 0 Å². The molecular formula is C23H26BrNS. The van der Waals surface area contributed by atoms with Gasteiger partial charge in [0.2, 0.25) is 0 Å². The summed E-state index contributed by atoms with van der Waals surface area (Å²) in [6.45, 7) is 14.4. The predicted molar refractivity (Wildman–Crippen MR) is 119 cm³/mol. The smallest absolute Gasteiger partial charge is 0.0738 e. The summed E-state index contributed by atoms with van der Waals surface area (Å²) in [6, 6.07) is 7.02. The van der Waals surface area contributed by atoms with E-state index in [2.05, 4.69) is 87.2 Å². The van der Waals surface area contributed by atoms with Crippen molar-refractivity contribution in [2.45, 2.75) is 58.8 Å². The third-order valence-electron chi connectivity index (χ3n) is 7.47. The Morgan fingerprint density at radius 3 is 2.42 bits per heavy atom. The molecule has 0 fully saturated rings. The summed E-state index contributed by atoms with van der Waals surface area (Å²) in [6.07, 6.45) is 5.14. The maximum absolute atomic E-state index is 4.85. The Kier molecular flexibility index (Phi) is 4.03. The largest absolute Gasteiger partial charge is 0.255 e. The highest BCUT2D eigenvalue weighted by Crippen LogP contribution is 2.61. The van der Waals surface area contributed by atoms with Crippen molar-refractivity contribution < 1.29 is 0 Å². The Bertz CT molecular complexity index is 926. The first-order valence-electron chi connectivity index (χ1n) is 9.22. The number of allylic oxidation sites excluding steroid dienone is 4. The van der Waals surface area contributed by atoms with Crippen LogP contribution in [0.25, 0.3) is 5.70 Å². The van der Waals surface area contributed by atoms with Gasteiger partial charge in [0.25, 0.3) is 0 Å². The zero-order chi connectivity index (χ0) is 18.9. The van der Waals surface area contributed by atoms with Crippen molar-refractivity contribution in [3.63, 3.8) is 0 Å². The molecule has 1 aliphatic carbocycles. The van der Waals surface area contributed by atoms with Crippen molar-refractivity contribution in [1.82, 2.24) is 0 Å². The van der Waals surface area contributed by atoms with Crippen molar-refractivity contribution in [2.24, 2.45) is 10.4 Å². The summed E-state index contributed by atoms with van der Waals surface area (Å²) in [5, 5.41) is 2.17. The average molecular weight is 428 g/mol. The Hall–Kier alpha value is -1.06. The van der Waals surface area contributed by atoms with Gasteiger partial charge in [-0.3, -0.25) is 4.99 Å². The van der Waals surface area contributed by atoms with Gasteiger partial charge in [-0.1, -0.05) is 53.7 Å². The normalized spacial score (nSPS) is 24.7. The van der Waals surface area contributed by atoms with Crippen LogP contribution in [0.15, 0.2) is 49.6 Å². The molecule has 2 heterocycles. The van der Waals surface area contributed by atoms with E-state index in [0.717, 1.165) is 16.6 Å². The van der Waals surface area contributed by atoms with Gasteiger partial charge in [-0.2, -0.15) is 0 Å². The number of hydrogen-bond donors (Lipinski definition) is 0. The molecule has 0 saturated carbocycles. The van der Waals surface area contributed by atoms with E-state index in [4.69, 9.17) is 4.99 Å². The third-order valence-corrected chi connectivity index (χ3v) is 9.34. The first-order chi connectivity index (χ1) is 12.1. The van der Waals surface area contributed by atoms with Crippen molar-refractivity contribution in [3.8, 4) is 0 Å². The minimum absolute atomic E-state index is 0.115. The second-order valence-electron chi connectivity index (χ2n) is 9.14. The number of rotatable bonds is 1. The van der Waals surface area contributed by atoms with Gasteiger partial charge >= 0.3 is 0 Å². The summed E-state index contributed by atoms with van der Waals surface area (Å²) in [5.74, 6) is 0. The van der Waals surface area contributed by atoms with Crippen LogP contribution in [0, 0.1) is 5.41 Å². The van der Waals surface area contributed by atoms with Crippen LogP contribution in [0.1, 0.15) is 64.7 Å². The van der Waals surface area contributed by atoms with E-state index in [9.17, 15) is 0 Å². The lowest BCUT2D eigenvalue weighted by molar-refractivity contribution is 0.125. The summed E-state index contributed by atoms with van der Waals surface area (Å²) < 4.78 is 1.10. The standard InChI is InChI=1S/C23H26BrNS/c1-21(2)16-8-7-14(11-17(16)22(3,4)23(21,5)6)20-15-9-10-26-19(12-15)18(24)13-25-20/h7-11,13H,12H2,1-6H3. The molecule has 0 saturated heterocycles. The number of fused-ring (bicyclic) bond motifs is 3. The summed E-state index contributed by atoms with van der Waals surface area (Å²) >= 11 is 5.46. The predicted octanol–water partition coefficient (Wildman–Crippen LogP) is 7.33. The maximum Gasteiger partial charge on any atom is 0.0738 e. The molecule has 4 rings (SSSR count). The van der Waals surface area contributed by atoms with E-state index < -0.39 is 0 Å². The van der Waals surface area contributed by atoms with Crippen molar-refractivity contribution in [2.75, 3.05) is 0 Å². The highest BCUT2D eigenvalue weighted by molar-refractivity contribution is 9.12. The van der Waals surface area contributed by atoms with Crippen LogP contribution in [-0.2, 0) is 10.8 Å². The van der Waals surface area contributed by atoms with E-state index >= 15 is 0 Å². The number of halogens is 1. The fourth-order valence-electron chi connectivity index (χ4n) is 4.52. The molecule has 0 spiro atoms. The monoisotopic (exact) mass is 427 g/mol. The van der Waals surface area contributed by atoms with E-state index in [0.29, 0.717) is 0 Å². The first-order valence-corrected chi connectivity index (χ1v) is 10.9. The zero-order valence-electron chi connectivity index (χ0n) is 16.4. The summed E-state index contributed by atoms with van der Waals surface area (Å²) in [4.78, 5) is 6.19. The fraction of sp³-hybridized carbons (Fsp3) is 0.435. The Balaban J connectivity index is 1.90. The number of aliphatic imine (C=N–C) groups is 1. The molecule has 0 N–H and O–H groups in total. The SMILES string of the molecule is CC1(C)c2ccc(C3=C4C=CSC(=C(Br)C=N3)C4)cc2C(C)(C)C1(C)C. The van der Waals surface area contributed by atoms with Crippen LogP contribution in [0.4, 0.5) is 0 Å². The quantitative estimate of drug-likeness (QED) is 0.456. The molecule has 0 unspecified atom stereocenters. The lowest BCUT2D eigenvalue weighted by Gasteiger charge is -2.44. The molecule has 2 bridgehead atoms. The molecule has 0 atom stereocenters. The van der Waals surface area contributed by atoms with Gasteiger partial charge in [0, 0.05) is 27.6 Å². The minimum Gasteiger partial charge on any atom is -0.255 e. The van der Waals surface area contributed by atoms with Gasteiger partial charge in [0.05, 0.1) is 5.70 Å². The van der Waals surface area contributed by atoms with Crippen LogP contribution in [0.3, 0.4) is 0 Å². The molecule has 0 radical (unpaired) electrons. The Morgan fingerprint density at radius 2 is 1.69 bits per heavy atom. The summed E-state index contributed by atoms with van der Waals surface area (Å²) in [7, 11) is 0. The van der Waals surface area contributed by atoms with Crippen LogP contribution < -0.4 is 0 Å². The lowest BCUT2D eigenvalue weighted by atomic mass is 9.59. The third kappa shape index (κ3) is 2.32. The molecule has 3 aliphatic rings. The second kappa shape index (κ2) is 5.72. The molecule has 136 valence electrons. The van der Waals surface area contributed by atoms with Crippen molar-refractivity contribution in [3.05, 3.63) is 61.3 Å². The Morgan fingerprint density at radius 1 is 1.00 bits per heavy atom. The van der Waals surface area contributed by atoms with Gasteiger partial charge in [-0.15, -0.1) is 11.8 Å². The van der Waals surface area contributed by atoms with Crippen LogP contribution in [0.5, 0.6) is 0 Å². The van der Waals surface area contributed by atoms with Crippen LogP contribution in [-0.4, -0.2) is 6.21 Å². The highest BCUT2D eigenvalue weighted by Gasteiger charge is 2.56. The molecule has 0 amide bonds. The van der Waals surface area contributed by atoms with Crippen molar-refractivity contribution >= 4 is 39.6 Å².